The SMILES string of the molecule is CCCC(O)CCC(=O)c1ccccc1. The lowest BCUT2D eigenvalue weighted by atomic mass is 10.0. The molecular weight excluding hydrogens is 188 g/mol. The van der Waals surface area contributed by atoms with Gasteiger partial charge in [-0.2, -0.15) is 0 Å². The Bertz CT molecular complexity index is 293. The predicted octanol–water partition coefficient (Wildman–Crippen LogP) is 2.81. The van der Waals surface area contributed by atoms with Crippen molar-refractivity contribution >= 4 is 5.78 Å². The molecule has 0 amide bonds. The first-order chi connectivity index (χ1) is 7.24. The van der Waals surface area contributed by atoms with E-state index in [0.29, 0.717) is 12.8 Å². The smallest absolute Gasteiger partial charge is 0.162 e. The summed E-state index contributed by atoms with van der Waals surface area (Å²) in [7, 11) is 0. The summed E-state index contributed by atoms with van der Waals surface area (Å²) in [5.74, 6) is 0.116. The van der Waals surface area contributed by atoms with E-state index in [4.69, 9.17) is 0 Å². The maximum Gasteiger partial charge on any atom is 0.162 e. The van der Waals surface area contributed by atoms with Crippen molar-refractivity contribution in [1.82, 2.24) is 0 Å². The third kappa shape index (κ3) is 4.26. The van der Waals surface area contributed by atoms with Crippen molar-refractivity contribution in [3.8, 4) is 0 Å². The minimum absolute atomic E-state index is 0.116. The first-order valence-corrected chi connectivity index (χ1v) is 5.50. The van der Waals surface area contributed by atoms with Crippen LogP contribution in [0.25, 0.3) is 0 Å². The Balaban J connectivity index is 2.37. The molecule has 0 saturated carbocycles. The Kier molecular flexibility index (Phi) is 5.05. The molecule has 1 aromatic rings. The first-order valence-electron chi connectivity index (χ1n) is 5.50. The molecule has 1 aromatic carbocycles. The molecule has 0 spiro atoms. The standard InChI is InChI=1S/C13H18O2/c1-2-6-12(14)9-10-13(15)11-7-4-3-5-8-11/h3-5,7-8,12,14H,2,6,9-10H2,1H3. The minimum Gasteiger partial charge on any atom is -0.393 e. The van der Waals surface area contributed by atoms with Crippen LogP contribution >= 0.6 is 0 Å². The van der Waals surface area contributed by atoms with Crippen LogP contribution in [0.2, 0.25) is 0 Å². The van der Waals surface area contributed by atoms with Crippen LogP contribution in [0.5, 0.6) is 0 Å². The molecule has 0 aliphatic rings. The number of rotatable bonds is 6. The molecule has 0 heterocycles. The number of ketones is 1. The summed E-state index contributed by atoms with van der Waals surface area (Å²) in [4.78, 5) is 11.6. The summed E-state index contributed by atoms with van der Waals surface area (Å²) in [6.45, 7) is 2.03. The van der Waals surface area contributed by atoms with Crippen molar-refractivity contribution < 1.29 is 9.90 Å². The van der Waals surface area contributed by atoms with Crippen molar-refractivity contribution in [3.63, 3.8) is 0 Å². The number of carbonyl (C=O) groups excluding carboxylic acids is 1. The largest absolute Gasteiger partial charge is 0.393 e. The highest BCUT2D eigenvalue weighted by Gasteiger charge is 2.08. The van der Waals surface area contributed by atoms with Crippen LogP contribution in [0.1, 0.15) is 43.0 Å². The average Bonchev–Trinajstić information content (AvgIpc) is 2.27. The zero-order chi connectivity index (χ0) is 11.1. The van der Waals surface area contributed by atoms with Crippen LogP contribution < -0.4 is 0 Å². The quantitative estimate of drug-likeness (QED) is 0.727. The van der Waals surface area contributed by atoms with Crippen molar-refractivity contribution in [1.29, 1.82) is 0 Å². The van der Waals surface area contributed by atoms with E-state index in [9.17, 15) is 9.90 Å². The lowest BCUT2D eigenvalue weighted by Crippen LogP contribution is -2.09. The van der Waals surface area contributed by atoms with Crippen LogP contribution in [-0.4, -0.2) is 17.0 Å². The number of Topliss-reactive ketones (excluding diaryl/α,β-unsaturated/α-hetero) is 1. The van der Waals surface area contributed by atoms with Gasteiger partial charge in [-0.25, -0.2) is 0 Å². The molecule has 0 aliphatic carbocycles. The van der Waals surface area contributed by atoms with Gasteiger partial charge in [0, 0.05) is 12.0 Å². The Morgan fingerprint density at radius 1 is 1.27 bits per heavy atom. The molecule has 1 N–H and O–H groups in total. The molecule has 0 saturated heterocycles. The molecule has 1 unspecified atom stereocenters. The Hall–Kier alpha value is -1.15. The third-order valence-electron chi connectivity index (χ3n) is 2.42. The monoisotopic (exact) mass is 206 g/mol. The molecule has 2 heteroatoms. The molecule has 0 radical (unpaired) electrons. The van der Waals surface area contributed by atoms with Gasteiger partial charge in [0.2, 0.25) is 0 Å². The molecule has 1 rings (SSSR count). The Morgan fingerprint density at radius 3 is 2.53 bits per heavy atom. The van der Waals surface area contributed by atoms with Gasteiger partial charge in [0.1, 0.15) is 0 Å². The number of hydrogen-bond donors (Lipinski definition) is 1. The van der Waals surface area contributed by atoms with E-state index in [1.807, 2.05) is 37.3 Å². The predicted molar refractivity (Wildman–Crippen MR) is 60.9 cm³/mol. The highest BCUT2D eigenvalue weighted by molar-refractivity contribution is 5.95. The average molecular weight is 206 g/mol. The Labute approximate surface area is 90.9 Å². The van der Waals surface area contributed by atoms with Gasteiger partial charge in [-0.15, -0.1) is 0 Å². The first kappa shape index (κ1) is 11.9. The van der Waals surface area contributed by atoms with Crippen LogP contribution in [0.3, 0.4) is 0 Å². The van der Waals surface area contributed by atoms with Crippen LogP contribution in [0, 0.1) is 0 Å². The molecule has 15 heavy (non-hydrogen) atoms. The van der Waals surface area contributed by atoms with Gasteiger partial charge in [0.05, 0.1) is 6.10 Å². The topological polar surface area (TPSA) is 37.3 Å². The van der Waals surface area contributed by atoms with Gasteiger partial charge in [-0.3, -0.25) is 4.79 Å². The van der Waals surface area contributed by atoms with Crippen LogP contribution in [0.15, 0.2) is 30.3 Å². The molecule has 1 atom stereocenters. The molecular formula is C13H18O2. The van der Waals surface area contributed by atoms with Gasteiger partial charge in [-0.05, 0) is 12.8 Å². The molecule has 0 fully saturated rings. The van der Waals surface area contributed by atoms with E-state index in [2.05, 4.69) is 0 Å². The highest BCUT2D eigenvalue weighted by Crippen LogP contribution is 2.09. The van der Waals surface area contributed by atoms with Gasteiger partial charge in [0.25, 0.3) is 0 Å². The van der Waals surface area contributed by atoms with Crippen LogP contribution in [-0.2, 0) is 0 Å². The number of carbonyl (C=O) groups is 1. The summed E-state index contributed by atoms with van der Waals surface area (Å²) in [5, 5.41) is 9.49. The van der Waals surface area contributed by atoms with E-state index in [1.54, 1.807) is 0 Å². The number of benzene rings is 1. The summed E-state index contributed by atoms with van der Waals surface area (Å²) in [6, 6.07) is 9.23. The van der Waals surface area contributed by atoms with Gasteiger partial charge >= 0.3 is 0 Å². The molecule has 2 nitrogen and oxygen atoms in total. The fourth-order valence-electron chi connectivity index (χ4n) is 1.54. The lowest BCUT2D eigenvalue weighted by Gasteiger charge is -2.07. The third-order valence-corrected chi connectivity index (χ3v) is 2.42. The Morgan fingerprint density at radius 2 is 1.93 bits per heavy atom. The number of hydrogen-bond acceptors (Lipinski definition) is 2. The normalized spacial score (nSPS) is 12.4. The molecule has 0 aromatic heterocycles. The number of aliphatic hydroxyl groups is 1. The van der Waals surface area contributed by atoms with Gasteiger partial charge in [-0.1, -0.05) is 43.7 Å². The maximum absolute atomic E-state index is 11.6. The van der Waals surface area contributed by atoms with E-state index < -0.39 is 0 Å². The van der Waals surface area contributed by atoms with Crippen molar-refractivity contribution in [2.45, 2.75) is 38.7 Å². The summed E-state index contributed by atoms with van der Waals surface area (Å²) in [5.41, 5.74) is 0.737. The molecule has 0 bridgehead atoms. The lowest BCUT2D eigenvalue weighted by molar-refractivity contribution is 0.0933. The number of aliphatic hydroxyl groups excluding tert-OH is 1. The molecule has 0 aliphatic heterocycles. The summed E-state index contributed by atoms with van der Waals surface area (Å²) >= 11 is 0. The van der Waals surface area contributed by atoms with E-state index in [1.165, 1.54) is 0 Å². The zero-order valence-electron chi connectivity index (χ0n) is 9.15. The van der Waals surface area contributed by atoms with Gasteiger partial charge < -0.3 is 5.11 Å². The van der Waals surface area contributed by atoms with E-state index >= 15 is 0 Å². The van der Waals surface area contributed by atoms with Gasteiger partial charge in [0.15, 0.2) is 5.78 Å². The zero-order valence-corrected chi connectivity index (χ0v) is 9.15. The second-order valence-corrected chi connectivity index (χ2v) is 3.77. The second kappa shape index (κ2) is 6.36. The second-order valence-electron chi connectivity index (χ2n) is 3.77. The minimum atomic E-state index is -0.331. The van der Waals surface area contributed by atoms with Crippen molar-refractivity contribution in [2.75, 3.05) is 0 Å². The summed E-state index contributed by atoms with van der Waals surface area (Å²) in [6.07, 6.45) is 2.41. The maximum atomic E-state index is 11.6. The van der Waals surface area contributed by atoms with Crippen LogP contribution in [0.4, 0.5) is 0 Å². The fraction of sp³-hybridized carbons (Fsp3) is 0.462. The molecule has 82 valence electrons. The highest BCUT2D eigenvalue weighted by atomic mass is 16.3. The van der Waals surface area contributed by atoms with Crippen molar-refractivity contribution in [2.24, 2.45) is 0 Å². The van der Waals surface area contributed by atoms with E-state index in [0.717, 1.165) is 18.4 Å². The van der Waals surface area contributed by atoms with E-state index in [-0.39, 0.29) is 11.9 Å². The summed E-state index contributed by atoms with van der Waals surface area (Å²) < 4.78 is 0. The fourth-order valence-corrected chi connectivity index (χ4v) is 1.54. The van der Waals surface area contributed by atoms with Crippen molar-refractivity contribution in [3.05, 3.63) is 35.9 Å².